The van der Waals surface area contributed by atoms with E-state index in [2.05, 4.69) is 5.32 Å². The normalized spacial score (nSPS) is 10.6. The lowest BCUT2D eigenvalue weighted by Gasteiger charge is -2.07. The topological polar surface area (TPSA) is 82.8 Å². The van der Waals surface area contributed by atoms with E-state index < -0.39 is 0 Å². The molecule has 1 aromatic rings. The van der Waals surface area contributed by atoms with Gasteiger partial charge < -0.3 is 25.3 Å². The van der Waals surface area contributed by atoms with Crippen LogP contribution >= 0.6 is 0 Å². The summed E-state index contributed by atoms with van der Waals surface area (Å²) < 4.78 is 16.1. The maximum absolute atomic E-state index is 11.9. The number of benzene rings is 1. The molecule has 25 heavy (non-hydrogen) atoms. The van der Waals surface area contributed by atoms with Crippen molar-refractivity contribution < 1.29 is 19.0 Å². The Morgan fingerprint density at radius 3 is 2.40 bits per heavy atom. The molecule has 0 aliphatic carbocycles. The van der Waals surface area contributed by atoms with Crippen molar-refractivity contribution in [1.29, 1.82) is 0 Å². The number of hydrogen-bond acceptors (Lipinski definition) is 5. The number of hydrogen-bond donors (Lipinski definition) is 2. The molecule has 1 rings (SSSR count). The van der Waals surface area contributed by atoms with Gasteiger partial charge in [-0.2, -0.15) is 0 Å². The number of unbranched alkanes of at least 4 members (excludes halogenated alkanes) is 1. The van der Waals surface area contributed by atoms with Crippen LogP contribution in [0.15, 0.2) is 24.3 Å². The minimum atomic E-state index is 0.0166. The number of carbonyl (C=O) groups is 1. The number of ether oxygens (including phenoxy) is 3. The average molecular weight is 352 g/mol. The van der Waals surface area contributed by atoms with E-state index in [0.717, 1.165) is 56.8 Å². The second kappa shape index (κ2) is 14.7. The Hall–Kier alpha value is -1.63. The van der Waals surface area contributed by atoms with Crippen LogP contribution in [0.25, 0.3) is 0 Å². The molecule has 0 saturated carbocycles. The summed E-state index contributed by atoms with van der Waals surface area (Å²) in [5.74, 6) is 0.784. The molecule has 0 aromatic heterocycles. The van der Waals surface area contributed by atoms with Crippen molar-refractivity contribution in [2.45, 2.75) is 32.1 Å². The second-order valence-electron chi connectivity index (χ2n) is 5.81. The van der Waals surface area contributed by atoms with Crippen molar-refractivity contribution in [2.24, 2.45) is 5.73 Å². The Kier molecular flexibility index (Phi) is 12.6. The first-order chi connectivity index (χ1) is 12.3. The maximum atomic E-state index is 11.9. The Morgan fingerprint density at radius 1 is 1.04 bits per heavy atom. The molecule has 142 valence electrons. The molecule has 0 aliphatic rings. The van der Waals surface area contributed by atoms with Crippen LogP contribution in [0.2, 0.25) is 0 Å². The fourth-order valence-electron chi connectivity index (χ4n) is 2.23. The SMILES string of the molecule is COc1cccc(CC(=O)NCCCOCCCCOCCCN)c1. The summed E-state index contributed by atoms with van der Waals surface area (Å²) in [5, 5.41) is 2.91. The molecule has 0 atom stereocenters. The highest BCUT2D eigenvalue weighted by atomic mass is 16.5. The molecule has 0 heterocycles. The Labute approximate surface area is 151 Å². The van der Waals surface area contributed by atoms with E-state index in [1.165, 1.54) is 0 Å². The second-order valence-corrected chi connectivity index (χ2v) is 5.81. The molecule has 0 radical (unpaired) electrons. The molecule has 6 nitrogen and oxygen atoms in total. The fourth-order valence-corrected chi connectivity index (χ4v) is 2.23. The van der Waals surface area contributed by atoms with E-state index in [4.69, 9.17) is 19.9 Å². The van der Waals surface area contributed by atoms with Crippen LogP contribution in [-0.2, 0) is 20.7 Å². The summed E-state index contributed by atoms with van der Waals surface area (Å²) in [7, 11) is 1.62. The molecule has 1 amide bonds. The van der Waals surface area contributed by atoms with E-state index in [1.807, 2.05) is 24.3 Å². The van der Waals surface area contributed by atoms with Gasteiger partial charge >= 0.3 is 0 Å². The van der Waals surface area contributed by atoms with Crippen molar-refractivity contribution in [1.82, 2.24) is 5.32 Å². The van der Waals surface area contributed by atoms with Gasteiger partial charge in [-0.05, 0) is 49.9 Å². The van der Waals surface area contributed by atoms with Crippen LogP contribution in [-0.4, -0.2) is 52.5 Å². The van der Waals surface area contributed by atoms with Crippen LogP contribution in [0.1, 0.15) is 31.2 Å². The zero-order valence-corrected chi connectivity index (χ0v) is 15.3. The molecule has 0 bridgehead atoms. The minimum absolute atomic E-state index is 0.0166. The summed E-state index contributed by atoms with van der Waals surface area (Å²) in [4.78, 5) is 11.9. The van der Waals surface area contributed by atoms with Crippen molar-refractivity contribution in [3.63, 3.8) is 0 Å². The van der Waals surface area contributed by atoms with Gasteiger partial charge in [0.05, 0.1) is 13.5 Å². The van der Waals surface area contributed by atoms with Gasteiger partial charge in [-0.15, -0.1) is 0 Å². The average Bonchev–Trinajstić information content (AvgIpc) is 2.62. The number of nitrogens with one attached hydrogen (secondary N) is 1. The van der Waals surface area contributed by atoms with Crippen LogP contribution in [0, 0.1) is 0 Å². The van der Waals surface area contributed by atoms with Gasteiger partial charge in [-0.3, -0.25) is 4.79 Å². The zero-order valence-electron chi connectivity index (χ0n) is 15.3. The third-order valence-corrected chi connectivity index (χ3v) is 3.61. The van der Waals surface area contributed by atoms with E-state index in [1.54, 1.807) is 7.11 Å². The van der Waals surface area contributed by atoms with Crippen molar-refractivity contribution >= 4 is 5.91 Å². The molecule has 6 heteroatoms. The number of nitrogens with two attached hydrogens (primary N) is 1. The maximum Gasteiger partial charge on any atom is 0.224 e. The zero-order chi connectivity index (χ0) is 18.2. The largest absolute Gasteiger partial charge is 0.497 e. The van der Waals surface area contributed by atoms with Crippen LogP contribution in [0.3, 0.4) is 0 Å². The standard InChI is InChI=1S/C19H32N2O4/c1-23-18-8-4-7-17(15-18)16-19(22)21-10-6-14-25-12-3-2-11-24-13-5-9-20/h4,7-8,15H,2-3,5-6,9-14,16,20H2,1H3,(H,21,22). The lowest BCUT2D eigenvalue weighted by Crippen LogP contribution is -2.26. The van der Waals surface area contributed by atoms with Crippen LogP contribution in [0.4, 0.5) is 0 Å². The fraction of sp³-hybridized carbons (Fsp3) is 0.632. The van der Waals surface area contributed by atoms with Gasteiger partial charge in [0.1, 0.15) is 5.75 Å². The van der Waals surface area contributed by atoms with Gasteiger partial charge in [0.25, 0.3) is 0 Å². The smallest absolute Gasteiger partial charge is 0.224 e. The van der Waals surface area contributed by atoms with E-state index in [9.17, 15) is 4.79 Å². The highest BCUT2D eigenvalue weighted by molar-refractivity contribution is 5.78. The Bertz CT molecular complexity index is 468. The number of amides is 1. The summed E-state index contributed by atoms with van der Waals surface area (Å²) >= 11 is 0. The third-order valence-electron chi connectivity index (χ3n) is 3.61. The summed E-state index contributed by atoms with van der Waals surface area (Å²) in [6.45, 7) is 4.21. The first-order valence-electron chi connectivity index (χ1n) is 9.01. The minimum Gasteiger partial charge on any atom is -0.497 e. The Morgan fingerprint density at radius 2 is 1.72 bits per heavy atom. The van der Waals surface area contributed by atoms with Gasteiger partial charge in [0.2, 0.25) is 5.91 Å². The molecule has 0 saturated heterocycles. The first kappa shape index (κ1) is 21.4. The molecule has 0 spiro atoms. The molecular formula is C19H32N2O4. The molecule has 0 fully saturated rings. The van der Waals surface area contributed by atoms with Gasteiger partial charge in [0, 0.05) is 33.0 Å². The molecule has 1 aromatic carbocycles. The van der Waals surface area contributed by atoms with Crippen molar-refractivity contribution in [3.8, 4) is 5.75 Å². The predicted octanol–water partition coefficient (Wildman–Crippen LogP) is 1.91. The lowest BCUT2D eigenvalue weighted by molar-refractivity contribution is -0.120. The summed E-state index contributed by atoms with van der Waals surface area (Å²) in [6.07, 6.45) is 4.09. The molecule has 3 N–H and O–H groups in total. The van der Waals surface area contributed by atoms with Crippen LogP contribution in [0.5, 0.6) is 5.75 Å². The highest BCUT2D eigenvalue weighted by Gasteiger charge is 2.03. The first-order valence-corrected chi connectivity index (χ1v) is 9.01. The third kappa shape index (κ3) is 11.5. The molecule has 0 aliphatic heterocycles. The van der Waals surface area contributed by atoms with E-state index >= 15 is 0 Å². The summed E-state index contributed by atoms with van der Waals surface area (Å²) in [5.41, 5.74) is 6.33. The van der Waals surface area contributed by atoms with E-state index in [0.29, 0.717) is 26.1 Å². The lowest BCUT2D eigenvalue weighted by atomic mass is 10.1. The van der Waals surface area contributed by atoms with Crippen molar-refractivity contribution in [3.05, 3.63) is 29.8 Å². The number of methoxy groups -OCH3 is 1. The summed E-state index contributed by atoms with van der Waals surface area (Å²) in [6, 6.07) is 7.55. The van der Waals surface area contributed by atoms with Gasteiger partial charge in [-0.25, -0.2) is 0 Å². The van der Waals surface area contributed by atoms with E-state index in [-0.39, 0.29) is 5.91 Å². The molecular weight excluding hydrogens is 320 g/mol. The van der Waals surface area contributed by atoms with Crippen molar-refractivity contribution in [2.75, 3.05) is 46.6 Å². The van der Waals surface area contributed by atoms with Crippen LogP contribution < -0.4 is 15.8 Å². The molecule has 0 unspecified atom stereocenters. The Balaban J connectivity index is 1.93. The quantitative estimate of drug-likeness (QED) is 0.471. The number of rotatable bonds is 15. The predicted molar refractivity (Wildman–Crippen MR) is 98.9 cm³/mol. The number of carbonyl (C=O) groups excluding carboxylic acids is 1. The van der Waals surface area contributed by atoms with Gasteiger partial charge in [0.15, 0.2) is 0 Å². The highest BCUT2D eigenvalue weighted by Crippen LogP contribution is 2.12. The van der Waals surface area contributed by atoms with Gasteiger partial charge in [-0.1, -0.05) is 12.1 Å². The monoisotopic (exact) mass is 352 g/mol.